The summed E-state index contributed by atoms with van der Waals surface area (Å²) in [6.45, 7) is -0.575. The summed E-state index contributed by atoms with van der Waals surface area (Å²) in [6.07, 6.45) is 3.13. The molecule has 13 nitrogen and oxygen atoms in total. The second-order valence-electron chi connectivity index (χ2n) is 9.93. The number of likely N-dealkylation sites (tertiary alicyclic amines) is 1. The van der Waals surface area contributed by atoms with Crippen LogP contribution in [-0.2, 0) is 23.2 Å². The number of para-hydroxylation sites is 1. The van der Waals surface area contributed by atoms with Crippen molar-refractivity contribution >= 4 is 34.3 Å². The maximum atomic E-state index is 14.7. The van der Waals surface area contributed by atoms with Crippen LogP contribution in [0.3, 0.4) is 0 Å². The minimum Gasteiger partial charge on any atom is -0.364 e. The Kier molecular flexibility index (Phi) is 6.86. The van der Waals surface area contributed by atoms with Crippen LogP contribution < -0.4 is 11.1 Å². The molecule has 6 rings (SSSR count). The standard InChI is InChI=1S/C28H25FN10O3/c1-37-15-33-35-27(37)19-4-2-3-5-21(19)34-28(42)23-11-18(29)13-38(23)24(40)14-39-22-7-6-16(17-8-9-31-32-12-17)10-20(22)25(36-39)26(30)41/h2-10,12,15,18,23H,11,13-14H2,1H3,(H2,30,41)(H,34,42)/t18-,23?/m1/s1. The molecule has 1 aliphatic heterocycles. The monoisotopic (exact) mass is 568 g/mol. The molecule has 0 radical (unpaired) electrons. The maximum absolute atomic E-state index is 14.7. The number of fused-ring (bicyclic) bond motifs is 1. The fraction of sp³-hybridized carbons (Fsp3) is 0.214. The smallest absolute Gasteiger partial charge is 0.269 e. The van der Waals surface area contributed by atoms with E-state index in [0.717, 1.165) is 11.1 Å². The quantitative estimate of drug-likeness (QED) is 0.301. The third kappa shape index (κ3) is 4.93. The van der Waals surface area contributed by atoms with Crippen molar-refractivity contribution in [3.05, 3.63) is 72.9 Å². The zero-order chi connectivity index (χ0) is 29.4. The summed E-state index contributed by atoms with van der Waals surface area (Å²) in [7, 11) is 1.78. The van der Waals surface area contributed by atoms with Gasteiger partial charge in [0.25, 0.3) is 5.91 Å². The first-order valence-electron chi connectivity index (χ1n) is 13.1. The molecular weight excluding hydrogens is 543 g/mol. The number of halogens is 1. The van der Waals surface area contributed by atoms with Crippen molar-refractivity contribution in [2.45, 2.75) is 25.2 Å². The number of carbonyl (C=O) groups is 3. The van der Waals surface area contributed by atoms with E-state index in [1.807, 2.05) is 0 Å². The van der Waals surface area contributed by atoms with Crippen molar-refractivity contribution < 1.29 is 18.8 Å². The summed E-state index contributed by atoms with van der Waals surface area (Å²) in [4.78, 5) is 40.3. The predicted octanol–water partition coefficient (Wildman–Crippen LogP) is 1.97. The molecule has 3 aromatic heterocycles. The number of aromatic nitrogens is 7. The van der Waals surface area contributed by atoms with Crippen LogP contribution in [-0.4, -0.2) is 76.1 Å². The summed E-state index contributed by atoms with van der Waals surface area (Å²) in [5.41, 5.74) is 8.68. The van der Waals surface area contributed by atoms with E-state index in [1.165, 1.54) is 9.58 Å². The SMILES string of the molecule is Cn1cnnc1-c1ccccc1NC(=O)C1C[C@@H](F)CN1C(=O)Cn1nc(C(N)=O)c2cc(-c3ccnnc3)ccc21. The van der Waals surface area contributed by atoms with E-state index in [2.05, 4.69) is 30.8 Å². The number of carbonyl (C=O) groups excluding carboxylic acids is 3. The number of hydrogen-bond acceptors (Lipinski definition) is 8. The Morgan fingerprint density at radius 2 is 1.90 bits per heavy atom. The van der Waals surface area contributed by atoms with Gasteiger partial charge in [-0.2, -0.15) is 15.3 Å². The van der Waals surface area contributed by atoms with Crippen LogP contribution in [0.15, 0.2) is 67.3 Å². The molecular formula is C28H25FN10O3. The molecule has 1 unspecified atom stereocenters. The van der Waals surface area contributed by atoms with E-state index >= 15 is 0 Å². The normalized spacial score (nSPS) is 16.6. The van der Waals surface area contributed by atoms with Gasteiger partial charge < -0.3 is 20.5 Å². The molecule has 3 amide bonds. The van der Waals surface area contributed by atoms with Crippen molar-refractivity contribution in [2.75, 3.05) is 11.9 Å². The van der Waals surface area contributed by atoms with Gasteiger partial charge in [0.05, 0.1) is 30.1 Å². The molecule has 1 fully saturated rings. The van der Waals surface area contributed by atoms with Gasteiger partial charge in [0.2, 0.25) is 11.8 Å². The number of amides is 3. The molecule has 2 aromatic carbocycles. The van der Waals surface area contributed by atoms with Gasteiger partial charge >= 0.3 is 0 Å². The third-order valence-corrected chi connectivity index (χ3v) is 7.20. The van der Waals surface area contributed by atoms with Crippen molar-refractivity contribution in [2.24, 2.45) is 12.8 Å². The lowest BCUT2D eigenvalue weighted by Gasteiger charge is -2.24. The highest BCUT2D eigenvalue weighted by molar-refractivity contribution is 6.05. The molecule has 5 aromatic rings. The Balaban J connectivity index is 1.26. The summed E-state index contributed by atoms with van der Waals surface area (Å²) in [5, 5.41) is 23.2. The van der Waals surface area contributed by atoms with Crippen LogP contribution in [0.4, 0.5) is 10.1 Å². The highest BCUT2D eigenvalue weighted by Crippen LogP contribution is 2.29. The van der Waals surface area contributed by atoms with E-state index in [1.54, 1.807) is 78.9 Å². The molecule has 4 heterocycles. The Bertz CT molecular complexity index is 1820. The van der Waals surface area contributed by atoms with E-state index in [-0.39, 0.29) is 25.2 Å². The largest absolute Gasteiger partial charge is 0.364 e. The number of nitrogens with one attached hydrogen (secondary N) is 1. The number of alkyl halides is 1. The lowest BCUT2D eigenvalue weighted by Crippen LogP contribution is -2.44. The highest BCUT2D eigenvalue weighted by atomic mass is 19.1. The molecule has 0 saturated carbocycles. The molecule has 42 heavy (non-hydrogen) atoms. The lowest BCUT2D eigenvalue weighted by atomic mass is 10.0. The van der Waals surface area contributed by atoms with E-state index in [9.17, 15) is 18.8 Å². The van der Waals surface area contributed by atoms with E-state index in [4.69, 9.17) is 5.73 Å². The zero-order valence-electron chi connectivity index (χ0n) is 22.4. The van der Waals surface area contributed by atoms with Gasteiger partial charge in [0.15, 0.2) is 11.5 Å². The van der Waals surface area contributed by atoms with E-state index in [0.29, 0.717) is 28.0 Å². The molecule has 14 heteroatoms. The van der Waals surface area contributed by atoms with Crippen molar-refractivity contribution in [3.63, 3.8) is 0 Å². The van der Waals surface area contributed by atoms with Crippen LogP contribution >= 0.6 is 0 Å². The second-order valence-corrected chi connectivity index (χ2v) is 9.93. The van der Waals surface area contributed by atoms with Crippen molar-refractivity contribution in [1.82, 2.24) is 39.6 Å². The molecule has 3 N–H and O–H groups in total. The first-order chi connectivity index (χ1) is 20.3. The lowest BCUT2D eigenvalue weighted by molar-refractivity contribution is -0.137. The third-order valence-electron chi connectivity index (χ3n) is 7.20. The van der Waals surface area contributed by atoms with Crippen LogP contribution in [0.25, 0.3) is 33.4 Å². The average Bonchev–Trinajstić information content (AvgIpc) is 3.70. The fourth-order valence-corrected chi connectivity index (χ4v) is 5.18. The summed E-state index contributed by atoms with van der Waals surface area (Å²) in [6, 6.07) is 13.0. The first kappa shape index (κ1) is 26.7. The van der Waals surface area contributed by atoms with Gasteiger partial charge in [-0.3, -0.25) is 19.1 Å². The average molecular weight is 569 g/mol. The number of primary amides is 1. The highest BCUT2D eigenvalue weighted by Gasteiger charge is 2.40. The van der Waals surface area contributed by atoms with Crippen LogP contribution in [0.2, 0.25) is 0 Å². The number of aryl methyl sites for hydroxylation is 1. The van der Waals surface area contributed by atoms with Crippen molar-refractivity contribution in [1.29, 1.82) is 0 Å². The van der Waals surface area contributed by atoms with Gasteiger partial charge in [0.1, 0.15) is 25.1 Å². The number of anilines is 1. The Morgan fingerprint density at radius 1 is 1.07 bits per heavy atom. The van der Waals surface area contributed by atoms with Crippen LogP contribution in [0.1, 0.15) is 16.9 Å². The fourth-order valence-electron chi connectivity index (χ4n) is 5.18. The molecule has 212 valence electrons. The number of nitrogens with zero attached hydrogens (tertiary/aromatic N) is 8. The second kappa shape index (κ2) is 10.8. The summed E-state index contributed by atoms with van der Waals surface area (Å²) in [5.74, 6) is -1.29. The Labute approximate surface area is 238 Å². The number of benzene rings is 2. The van der Waals surface area contributed by atoms with Crippen LogP contribution in [0, 0.1) is 0 Å². The van der Waals surface area contributed by atoms with E-state index < -0.39 is 29.9 Å². The van der Waals surface area contributed by atoms with Gasteiger partial charge in [-0.1, -0.05) is 18.2 Å². The molecule has 0 aliphatic carbocycles. The molecule has 0 bridgehead atoms. The Morgan fingerprint density at radius 3 is 2.64 bits per heavy atom. The van der Waals surface area contributed by atoms with Gasteiger partial charge in [-0.05, 0) is 35.9 Å². The number of rotatable bonds is 7. The van der Waals surface area contributed by atoms with Crippen LogP contribution in [0.5, 0.6) is 0 Å². The minimum atomic E-state index is -1.38. The maximum Gasteiger partial charge on any atom is 0.269 e. The zero-order valence-corrected chi connectivity index (χ0v) is 22.4. The molecule has 1 saturated heterocycles. The Hall–Kier alpha value is -5.53. The minimum absolute atomic E-state index is 0.0128. The summed E-state index contributed by atoms with van der Waals surface area (Å²) < 4.78 is 17.7. The topological polar surface area (TPSA) is 167 Å². The van der Waals surface area contributed by atoms with Gasteiger partial charge in [-0.15, -0.1) is 10.2 Å². The molecule has 1 aliphatic rings. The van der Waals surface area contributed by atoms with Gasteiger partial charge in [-0.25, -0.2) is 4.39 Å². The molecule has 2 atom stereocenters. The summed E-state index contributed by atoms with van der Waals surface area (Å²) >= 11 is 0. The van der Waals surface area contributed by atoms with Crippen molar-refractivity contribution in [3.8, 4) is 22.5 Å². The predicted molar refractivity (Wildman–Crippen MR) is 149 cm³/mol. The number of hydrogen-bond donors (Lipinski definition) is 2. The first-order valence-corrected chi connectivity index (χ1v) is 13.1. The van der Waals surface area contributed by atoms with Gasteiger partial charge in [0, 0.05) is 30.0 Å². The number of nitrogens with two attached hydrogens (primary N) is 1. The molecule has 0 spiro atoms.